The quantitative estimate of drug-likeness (QED) is 0.577. The van der Waals surface area contributed by atoms with Gasteiger partial charge >= 0.3 is 0 Å². The van der Waals surface area contributed by atoms with Gasteiger partial charge in [0.15, 0.2) is 0 Å². The van der Waals surface area contributed by atoms with E-state index < -0.39 is 6.10 Å². The Morgan fingerprint density at radius 3 is 2.78 bits per heavy atom. The first-order valence-electron chi connectivity index (χ1n) is 11.5. The summed E-state index contributed by atoms with van der Waals surface area (Å²) in [7, 11) is 0. The van der Waals surface area contributed by atoms with Gasteiger partial charge in [-0.15, -0.1) is 0 Å². The second-order valence-corrected chi connectivity index (χ2v) is 9.02. The minimum Gasteiger partial charge on any atom is -0.467 e. The van der Waals surface area contributed by atoms with Gasteiger partial charge in [-0.25, -0.2) is 0 Å². The molecule has 7 heteroatoms. The zero-order valence-corrected chi connectivity index (χ0v) is 18.8. The normalized spacial score (nSPS) is 20.2. The highest BCUT2D eigenvalue weighted by molar-refractivity contribution is 5.94. The van der Waals surface area contributed by atoms with Gasteiger partial charge in [-0.3, -0.25) is 9.69 Å². The van der Waals surface area contributed by atoms with Gasteiger partial charge in [-0.1, -0.05) is 17.7 Å². The van der Waals surface area contributed by atoms with Crippen LogP contribution >= 0.6 is 0 Å². The molecule has 2 aliphatic rings. The summed E-state index contributed by atoms with van der Waals surface area (Å²) in [6.45, 7) is 6.57. The predicted molar refractivity (Wildman–Crippen MR) is 120 cm³/mol. The van der Waals surface area contributed by atoms with Gasteiger partial charge in [0, 0.05) is 38.3 Å². The van der Waals surface area contributed by atoms with E-state index in [2.05, 4.69) is 4.90 Å². The van der Waals surface area contributed by atoms with E-state index in [-0.39, 0.29) is 18.6 Å². The Hall–Kier alpha value is -2.19. The number of rotatable bonds is 11. The van der Waals surface area contributed by atoms with Crippen molar-refractivity contribution in [2.24, 2.45) is 5.92 Å². The summed E-state index contributed by atoms with van der Waals surface area (Å²) in [4.78, 5) is 17.3. The molecule has 1 aromatic carbocycles. The van der Waals surface area contributed by atoms with E-state index in [1.165, 1.54) is 12.8 Å². The van der Waals surface area contributed by atoms with Gasteiger partial charge in [0.25, 0.3) is 5.91 Å². The first-order chi connectivity index (χ1) is 15.6. The van der Waals surface area contributed by atoms with Crippen LogP contribution in [0, 0.1) is 12.8 Å². The molecule has 2 aromatic rings. The maximum Gasteiger partial charge on any atom is 0.253 e. The first-order valence-corrected chi connectivity index (χ1v) is 11.5. The Labute approximate surface area is 189 Å². The van der Waals surface area contributed by atoms with Crippen molar-refractivity contribution >= 4 is 5.91 Å². The van der Waals surface area contributed by atoms with Gasteiger partial charge in [0.2, 0.25) is 0 Å². The summed E-state index contributed by atoms with van der Waals surface area (Å²) >= 11 is 0. The molecular weight excluding hydrogens is 408 g/mol. The molecule has 2 heterocycles. The van der Waals surface area contributed by atoms with Crippen LogP contribution in [-0.4, -0.2) is 79.0 Å². The van der Waals surface area contributed by atoms with E-state index in [0.29, 0.717) is 38.8 Å². The summed E-state index contributed by atoms with van der Waals surface area (Å²) < 4.78 is 16.8. The largest absolute Gasteiger partial charge is 0.467 e. The summed E-state index contributed by atoms with van der Waals surface area (Å²) in [5.74, 6) is 1.43. The molecule has 1 aliphatic carbocycles. The third-order valence-corrected chi connectivity index (χ3v) is 6.01. The molecule has 4 rings (SSSR count). The highest BCUT2D eigenvalue weighted by Gasteiger charge is 2.31. The van der Waals surface area contributed by atoms with Crippen LogP contribution in [0.25, 0.3) is 0 Å². The van der Waals surface area contributed by atoms with Crippen LogP contribution in [-0.2, 0) is 16.1 Å². The van der Waals surface area contributed by atoms with Crippen molar-refractivity contribution in [3.63, 3.8) is 0 Å². The van der Waals surface area contributed by atoms with E-state index in [0.717, 1.165) is 30.0 Å². The summed E-state index contributed by atoms with van der Waals surface area (Å²) in [5, 5.41) is 10.4. The lowest BCUT2D eigenvalue weighted by atomic mass is 10.1. The van der Waals surface area contributed by atoms with Gasteiger partial charge in [-0.05, 0) is 49.9 Å². The van der Waals surface area contributed by atoms with Crippen LogP contribution < -0.4 is 0 Å². The van der Waals surface area contributed by atoms with E-state index >= 15 is 0 Å². The molecule has 1 N–H and O–H groups in total. The monoisotopic (exact) mass is 442 g/mol. The maximum atomic E-state index is 13.2. The highest BCUT2D eigenvalue weighted by atomic mass is 16.5. The van der Waals surface area contributed by atoms with Gasteiger partial charge in [0.05, 0.1) is 31.7 Å². The Morgan fingerprint density at radius 1 is 1.25 bits per heavy atom. The van der Waals surface area contributed by atoms with Crippen LogP contribution in [0.3, 0.4) is 0 Å². The van der Waals surface area contributed by atoms with Crippen LogP contribution in [0.15, 0.2) is 47.1 Å². The summed E-state index contributed by atoms with van der Waals surface area (Å²) in [6, 6.07) is 11.5. The van der Waals surface area contributed by atoms with Crippen molar-refractivity contribution in [1.82, 2.24) is 9.80 Å². The molecule has 1 aliphatic heterocycles. The lowest BCUT2D eigenvalue weighted by Crippen LogP contribution is -2.51. The number of furan rings is 1. The van der Waals surface area contributed by atoms with Crippen molar-refractivity contribution in [1.29, 1.82) is 0 Å². The molecule has 0 unspecified atom stereocenters. The van der Waals surface area contributed by atoms with E-state index in [4.69, 9.17) is 13.9 Å². The van der Waals surface area contributed by atoms with Crippen molar-refractivity contribution in [3.05, 3.63) is 59.5 Å². The molecule has 2 atom stereocenters. The summed E-state index contributed by atoms with van der Waals surface area (Å²) in [5.41, 5.74) is 1.88. The van der Waals surface area contributed by atoms with Gasteiger partial charge in [-0.2, -0.15) is 0 Å². The number of benzene rings is 1. The fourth-order valence-electron chi connectivity index (χ4n) is 4.07. The standard InChI is InChI=1S/C25H34N2O5/c1-19-4-8-21(9-5-19)25(29)27(13-20-6-7-20)16-24-15-26(10-12-32-24)14-22(28)17-30-18-23-3-2-11-31-23/h2-5,8-9,11,20,22,24,28H,6-7,10,12-18H2,1H3/t22-,24+/m1/s1. The zero-order chi connectivity index (χ0) is 22.3. The Balaban J connectivity index is 1.26. The fraction of sp³-hybridized carbons (Fsp3) is 0.560. The van der Waals surface area contributed by atoms with Gasteiger partial charge in [0.1, 0.15) is 12.4 Å². The topological polar surface area (TPSA) is 75.4 Å². The number of carbonyl (C=O) groups is 1. The number of morpholine rings is 1. The number of β-amino-alcohol motifs (C(OH)–C–C–N with tert-alkyl or cyclic N) is 1. The molecule has 2 fully saturated rings. The fourth-order valence-corrected chi connectivity index (χ4v) is 4.07. The molecule has 32 heavy (non-hydrogen) atoms. The number of aliphatic hydroxyl groups excluding tert-OH is 1. The second-order valence-electron chi connectivity index (χ2n) is 9.02. The third kappa shape index (κ3) is 6.90. The Morgan fingerprint density at radius 2 is 2.06 bits per heavy atom. The molecule has 7 nitrogen and oxygen atoms in total. The van der Waals surface area contributed by atoms with Crippen LogP contribution in [0.2, 0.25) is 0 Å². The third-order valence-electron chi connectivity index (χ3n) is 6.01. The number of aliphatic hydroxyl groups is 1. The minimum absolute atomic E-state index is 0.0619. The lowest BCUT2D eigenvalue weighted by molar-refractivity contribution is -0.0605. The number of nitrogens with zero attached hydrogens (tertiary/aromatic N) is 2. The smallest absolute Gasteiger partial charge is 0.253 e. The van der Waals surface area contributed by atoms with Crippen molar-refractivity contribution in [3.8, 4) is 0 Å². The molecular formula is C25H34N2O5. The van der Waals surface area contributed by atoms with Crippen LogP contribution in [0.1, 0.15) is 34.5 Å². The molecule has 1 aromatic heterocycles. The molecule has 1 saturated heterocycles. The Bertz CT molecular complexity index is 835. The average Bonchev–Trinajstić information content (AvgIpc) is 3.45. The average molecular weight is 443 g/mol. The summed E-state index contributed by atoms with van der Waals surface area (Å²) in [6.07, 6.45) is 3.35. The lowest BCUT2D eigenvalue weighted by Gasteiger charge is -2.36. The predicted octanol–water partition coefficient (Wildman–Crippen LogP) is 2.72. The first kappa shape index (κ1) is 23.0. The van der Waals surface area contributed by atoms with Crippen LogP contribution in [0.5, 0.6) is 0 Å². The van der Waals surface area contributed by atoms with E-state index in [1.54, 1.807) is 6.26 Å². The van der Waals surface area contributed by atoms with E-state index in [9.17, 15) is 9.90 Å². The minimum atomic E-state index is -0.583. The van der Waals surface area contributed by atoms with Crippen molar-refractivity contribution in [2.75, 3.05) is 45.9 Å². The second kappa shape index (κ2) is 11.1. The molecule has 1 amide bonds. The highest BCUT2D eigenvalue weighted by Crippen LogP contribution is 2.30. The number of carbonyl (C=O) groups excluding carboxylic acids is 1. The van der Waals surface area contributed by atoms with Crippen LogP contribution in [0.4, 0.5) is 0 Å². The zero-order valence-electron chi connectivity index (χ0n) is 18.8. The number of hydrogen-bond acceptors (Lipinski definition) is 6. The van der Waals surface area contributed by atoms with E-state index in [1.807, 2.05) is 48.2 Å². The molecule has 0 bridgehead atoms. The SMILES string of the molecule is Cc1ccc(C(=O)N(CC2CC2)C[C@@H]2CN(C[C@@H](O)COCc3ccco3)CCO2)cc1. The number of ether oxygens (including phenoxy) is 2. The molecule has 0 spiro atoms. The molecule has 1 saturated carbocycles. The van der Waals surface area contributed by atoms with Gasteiger partial charge < -0.3 is 23.9 Å². The molecule has 174 valence electrons. The number of aryl methyl sites for hydroxylation is 1. The molecule has 0 radical (unpaired) electrons. The van der Waals surface area contributed by atoms with Crippen molar-refractivity contribution < 1.29 is 23.8 Å². The number of hydrogen-bond donors (Lipinski definition) is 1. The Kier molecular flexibility index (Phi) is 7.97. The number of amides is 1. The van der Waals surface area contributed by atoms with Crippen molar-refractivity contribution in [2.45, 2.75) is 38.6 Å². The maximum absolute atomic E-state index is 13.2.